The fourth-order valence-corrected chi connectivity index (χ4v) is 4.38. The van der Waals surface area contributed by atoms with Gasteiger partial charge in [-0.1, -0.05) is 35.6 Å². The summed E-state index contributed by atoms with van der Waals surface area (Å²) in [4.78, 5) is 29.5. The number of ether oxygens (including phenoxy) is 2. The maximum Gasteiger partial charge on any atom is 0.303 e. The SMILES string of the molecule is O=C(O)CCCN1C(=O)/C(=C\c2cc3cc4c(cc3nc2Cl)OCO4)SC1=S. The Morgan fingerprint density at radius 3 is 2.86 bits per heavy atom. The highest BCUT2D eigenvalue weighted by molar-refractivity contribution is 8.26. The average Bonchev–Trinajstić information content (AvgIpc) is 3.19. The molecule has 0 atom stereocenters. The van der Waals surface area contributed by atoms with Gasteiger partial charge >= 0.3 is 5.97 Å². The first-order chi connectivity index (χ1) is 13.4. The van der Waals surface area contributed by atoms with Crippen LogP contribution in [0.4, 0.5) is 0 Å². The molecule has 1 aromatic heterocycles. The van der Waals surface area contributed by atoms with Crippen molar-refractivity contribution < 1.29 is 24.2 Å². The molecule has 1 aromatic carbocycles. The van der Waals surface area contributed by atoms with Crippen LogP contribution in [0.2, 0.25) is 5.15 Å². The highest BCUT2D eigenvalue weighted by atomic mass is 35.5. The van der Waals surface area contributed by atoms with E-state index in [4.69, 9.17) is 38.4 Å². The van der Waals surface area contributed by atoms with Crippen molar-refractivity contribution in [2.24, 2.45) is 0 Å². The molecule has 10 heteroatoms. The second-order valence-corrected chi connectivity index (χ2v) is 8.13. The zero-order valence-corrected chi connectivity index (χ0v) is 16.7. The summed E-state index contributed by atoms with van der Waals surface area (Å²) in [5.41, 5.74) is 1.24. The van der Waals surface area contributed by atoms with E-state index >= 15 is 0 Å². The van der Waals surface area contributed by atoms with Gasteiger partial charge in [0.1, 0.15) is 9.47 Å². The number of nitrogens with zero attached hydrogens (tertiary/aromatic N) is 2. The first-order valence-electron chi connectivity index (χ1n) is 8.29. The minimum absolute atomic E-state index is 0.0212. The molecule has 1 N–H and O–H groups in total. The molecule has 3 heterocycles. The topological polar surface area (TPSA) is 89.0 Å². The number of thioether (sulfide) groups is 1. The van der Waals surface area contributed by atoms with Crippen LogP contribution in [-0.2, 0) is 9.59 Å². The van der Waals surface area contributed by atoms with E-state index in [0.29, 0.717) is 38.2 Å². The van der Waals surface area contributed by atoms with Gasteiger partial charge in [0, 0.05) is 30.0 Å². The Bertz CT molecular complexity index is 1060. The molecule has 1 amide bonds. The molecule has 28 heavy (non-hydrogen) atoms. The van der Waals surface area contributed by atoms with Gasteiger partial charge in [-0.25, -0.2) is 4.98 Å². The number of carboxylic acids is 1. The Balaban J connectivity index is 1.61. The number of pyridine rings is 1. The van der Waals surface area contributed by atoms with Gasteiger partial charge in [-0.2, -0.15) is 0 Å². The quantitative estimate of drug-likeness (QED) is 0.431. The summed E-state index contributed by atoms with van der Waals surface area (Å²) in [5.74, 6) is 0.0801. The predicted molar refractivity (Wildman–Crippen MR) is 110 cm³/mol. The summed E-state index contributed by atoms with van der Waals surface area (Å²) < 4.78 is 11.1. The number of halogens is 1. The van der Waals surface area contributed by atoms with Crippen LogP contribution in [0.1, 0.15) is 18.4 Å². The fourth-order valence-electron chi connectivity index (χ4n) is 2.88. The van der Waals surface area contributed by atoms with Gasteiger partial charge in [0.25, 0.3) is 5.91 Å². The normalized spacial score (nSPS) is 17.2. The van der Waals surface area contributed by atoms with Crippen LogP contribution < -0.4 is 9.47 Å². The molecule has 2 aliphatic heterocycles. The highest BCUT2D eigenvalue weighted by Crippen LogP contribution is 2.38. The number of fused-ring (bicyclic) bond motifs is 2. The fraction of sp³-hybridized carbons (Fsp3) is 0.222. The van der Waals surface area contributed by atoms with Gasteiger partial charge in [0.05, 0.1) is 10.4 Å². The largest absolute Gasteiger partial charge is 0.481 e. The first-order valence-corrected chi connectivity index (χ1v) is 9.90. The first kappa shape index (κ1) is 19.0. The highest BCUT2D eigenvalue weighted by Gasteiger charge is 2.32. The maximum atomic E-state index is 12.6. The standard InChI is InChI=1S/C18H13ClN2O5S2/c19-16-10(4-9-5-12-13(26-8-25-12)7-11(9)20-16)6-14-17(24)21(18(27)28-14)3-1-2-15(22)23/h4-7H,1-3,8H2,(H,22,23)/b14-6+. The summed E-state index contributed by atoms with van der Waals surface area (Å²) in [6.45, 7) is 0.429. The number of benzene rings is 1. The number of carboxylic acid groups (broad SMARTS) is 1. The van der Waals surface area contributed by atoms with Crippen LogP contribution in [0.5, 0.6) is 11.5 Å². The predicted octanol–water partition coefficient (Wildman–Crippen LogP) is 3.68. The summed E-state index contributed by atoms with van der Waals surface area (Å²) in [6, 6.07) is 5.40. The molecular weight excluding hydrogens is 424 g/mol. The van der Waals surface area contributed by atoms with Crippen molar-refractivity contribution in [3.63, 3.8) is 0 Å². The molecule has 1 saturated heterocycles. The van der Waals surface area contributed by atoms with Crippen molar-refractivity contribution in [2.45, 2.75) is 12.8 Å². The second kappa shape index (κ2) is 7.57. The zero-order chi connectivity index (χ0) is 19.8. The maximum absolute atomic E-state index is 12.6. The summed E-state index contributed by atoms with van der Waals surface area (Å²) in [5, 5.41) is 9.81. The monoisotopic (exact) mass is 436 g/mol. The number of aliphatic carboxylic acids is 1. The van der Waals surface area contributed by atoms with Crippen LogP contribution in [0.15, 0.2) is 23.1 Å². The third-order valence-corrected chi connectivity index (χ3v) is 5.90. The van der Waals surface area contributed by atoms with Crippen molar-refractivity contribution in [1.29, 1.82) is 0 Å². The Morgan fingerprint density at radius 1 is 1.36 bits per heavy atom. The molecule has 0 saturated carbocycles. The Hall–Kier alpha value is -2.36. The molecule has 0 aliphatic carbocycles. The van der Waals surface area contributed by atoms with E-state index in [1.54, 1.807) is 12.1 Å². The molecular formula is C18H13ClN2O5S2. The van der Waals surface area contributed by atoms with Crippen LogP contribution in [0, 0.1) is 0 Å². The minimum atomic E-state index is -0.907. The Kier molecular flexibility index (Phi) is 5.13. The van der Waals surface area contributed by atoms with Crippen LogP contribution in [0.25, 0.3) is 17.0 Å². The average molecular weight is 437 g/mol. The molecule has 0 radical (unpaired) electrons. The van der Waals surface area contributed by atoms with Gasteiger partial charge in [0.2, 0.25) is 6.79 Å². The lowest BCUT2D eigenvalue weighted by atomic mass is 10.1. The van der Waals surface area contributed by atoms with Crippen molar-refractivity contribution in [2.75, 3.05) is 13.3 Å². The van der Waals surface area contributed by atoms with E-state index in [2.05, 4.69) is 4.98 Å². The van der Waals surface area contributed by atoms with Gasteiger partial charge in [-0.15, -0.1) is 0 Å². The number of carbonyl (C=O) groups is 2. The van der Waals surface area contributed by atoms with E-state index in [9.17, 15) is 9.59 Å². The molecule has 4 rings (SSSR count). The lowest BCUT2D eigenvalue weighted by molar-refractivity contribution is -0.137. The number of thiocarbonyl (C=S) groups is 1. The molecule has 0 unspecified atom stereocenters. The molecule has 2 aromatic rings. The van der Waals surface area contributed by atoms with Gasteiger partial charge < -0.3 is 14.6 Å². The lowest BCUT2D eigenvalue weighted by Gasteiger charge is -2.13. The minimum Gasteiger partial charge on any atom is -0.481 e. The van der Waals surface area contributed by atoms with E-state index in [0.717, 1.165) is 17.1 Å². The van der Waals surface area contributed by atoms with E-state index in [1.807, 2.05) is 12.1 Å². The van der Waals surface area contributed by atoms with Crippen LogP contribution in [0.3, 0.4) is 0 Å². The van der Waals surface area contributed by atoms with E-state index in [1.165, 1.54) is 4.90 Å². The van der Waals surface area contributed by atoms with Gasteiger partial charge in [-0.3, -0.25) is 14.5 Å². The van der Waals surface area contributed by atoms with Crippen LogP contribution in [-0.4, -0.2) is 44.5 Å². The number of hydrogen-bond acceptors (Lipinski definition) is 7. The molecule has 144 valence electrons. The molecule has 0 bridgehead atoms. The third kappa shape index (κ3) is 3.65. The van der Waals surface area contributed by atoms with Crippen molar-refractivity contribution in [1.82, 2.24) is 9.88 Å². The van der Waals surface area contributed by atoms with Crippen LogP contribution >= 0.6 is 35.6 Å². The summed E-state index contributed by atoms with van der Waals surface area (Å²) in [6.07, 6.45) is 1.96. The lowest BCUT2D eigenvalue weighted by Crippen LogP contribution is -2.29. The molecule has 2 aliphatic rings. The number of rotatable bonds is 5. The van der Waals surface area contributed by atoms with Crippen molar-refractivity contribution >= 4 is 68.8 Å². The second-order valence-electron chi connectivity index (χ2n) is 6.10. The van der Waals surface area contributed by atoms with Gasteiger partial charge in [-0.05, 0) is 24.6 Å². The number of amides is 1. The summed E-state index contributed by atoms with van der Waals surface area (Å²) in [7, 11) is 0. The van der Waals surface area contributed by atoms with Crippen molar-refractivity contribution in [3.05, 3.63) is 33.8 Å². The molecule has 0 spiro atoms. The number of carbonyl (C=O) groups excluding carboxylic acids is 1. The smallest absolute Gasteiger partial charge is 0.303 e. The van der Waals surface area contributed by atoms with Crippen molar-refractivity contribution in [3.8, 4) is 11.5 Å². The zero-order valence-electron chi connectivity index (χ0n) is 14.3. The number of aromatic nitrogens is 1. The van der Waals surface area contributed by atoms with Gasteiger partial charge in [0.15, 0.2) is 11.5 Å². The number of hydrogen-bond donors (Lipinski definition) is 1. The molecule has 7 nitrogen and oxygen atoms in total. The Labute approximate surface area is 174 Å². The third-order valence-electron chi connectivity index (χ3n) is 4.22. The molecule has 1 fully saturated rings. The summed E-state index contributed by atoms with van der Waals surface area (Å²) >= 11 is 12.7. The Morgan fingerprint density at radius 2 is 2.11 bits per heavy atom. The van der Waals surface area contributed by atoms with E-state index < -0.39 is 5.97 Å². The van der Waals surface area contributed by atoms with E-state index in [-0.39, 0.29) is 30.8 Å².